The molecule has 0 saturated heterocycles. The molecule has 1 atom stereocenters. The Bertz CT molecular complexity index is 539. The Morgan fingerprint density at radius 3 is 2.74 bits per heavy atom. The predicted molar refractivity (Wildman–Crippen MR) is 72.1 cm³/mol. The number of hydrogen-bond acceptors (Lipinski definition) is 3. The highest BCUT2D eigenvalue weighted by molar-refractivity contribution is 6.15. The molecular weight excluding hydrogens is 244 g/mol. The van der Waals surface area contributed by atoms with Gasteiger partial charge in [-0.2, -0.15) is 0 Å². The van der Waals surface area contributed by atoms with Crippen molar-refractivity contribution < 1.29 is 14.3 Å². The Kier molecular flexibility index (Phi) is 3.22. The van der Waals surface area contributed by atoms with Crippen molar-refractivity contribution in [1.29, 1.82) is 0 Å². The van der Waals surface area contributed by atoms with Crippen LogP contribution in [0, 0.1) is 6.92 Å². The second kappa shape index (κ2) is 4.57. The zero-order valence-corrected chi connectivity index (χ0v) is 11.5. The summed E-state index contributed by atoms with van der Waals surface area (Å²) in [6, 6.07) is 5.38. The molecular formula is C14H18N2O3. The van der Waals surface area contributed by atoms with Crippen LogP contribution in [0.3, 0.4) is 0 Å². The lowest BCUT2D eigenvalue weighted by Gasteiger charge is -2.33. The van der Waals surface area contributed by atoms with E-state index in [0.29, 0.717) is 11.4 Å². The van der Waals surface area contributed by atoms with Crippen LogP contribution in [0.2, 0.25) is 0 Å². The van der Waals surface area contributed by atoms with Gasteiger partial charge in [0.2, 0.25) is 0 Å². The molecule has 0 fully saturated rings. The van der Waals surface area contributed by atoms with Gasteiger partial charge < -0.3 is 15.4 Å². The number of nitrogens with one attached hydrogen (secondary N) is 2. The molecule has 2 rings (SSSR count). The lowest BCUT2D eigenvalue weighted by atomic mass is 10.0. The van der Waals surface area contributed by atoms with E-state index in [1.54, 1.807) is 6.07 Å². The number of carbonyl (C=O) groups is 2. The monoisotopic (exact) mass is 262 g/mol. The van der Waals surface area contributed by atoms with Crippen molar-refractivity contribution in [1.82, 2.24) is 5.32 Å². The number of aryl methyl sites for hydroxylation is 1. The smallest absolute Gasteiger partial charge is 0.278 e. The summed E-state index contributed by atoms with van der Waals surface area (Å²) in [6.45, 7) is 7.06. The quantitative estimate of drug-likeness (QED) is 0.796. The van der Waals surface area contributed by atoms with E-state index in [0.717, 1.165) is 5.56 Å². The van der Waals surface area contributed by atoms with Crippen LogP contribution in [0.4, 0.5) is 5.69 Å². The molecule has 5 nitrogen and oxygen atoms in total. The van der Waals surface area contributed by atoms with E-state index in [-0.39, 0.29) is 6.04 Å². The number of carbonyl (C=O) groups excluding carboxylic acids is 2. The van der Waals surface area contributed by atoms with Crippen LogP contribution in [0.15, 0.2) is 18.2 Å². The standard InChI is InChI=1S/C14H18N2O3/c1-8(2)15-12(17)14(4)13(18)16-10-7-9(3)5-6-11(10)19-14/h5-8H,1-4H3,(H,15,17)(H,16,18). The fraction of sp³-hybridized carbons (Fsp3) is 0.429. The number of amides is 2. The van der Waals surface area contributed by atoms with Crippen molar-refractivity contribution in [2.45, 2.75) is 39.3 Å². The number of hydrogen-bond donors (Lipinski definition) is 2. The molecule has 1 aliphatic rings. The summed E-state index contributed by atoms with van der Waals surface area (Å²) in [4.78, 5) is 24.2. The van der Waals surface area contributed by atoms with Gasteiger partial charge in [0, 0.05) is 6.04 Å². The summed E-state index contributed by atoms with van der Waals surface area (Å²) in [5, 5.41) is 5.42. The van der Waals surface area contributed by atoms with Crippen LogP contribution in [0.1, 0.15) is 26.3 Å². The lowest BCUT2D eigenvalue weighted by molar-refractivity contribution is -0.147. The van der Waals surface area contributed by atoms with Gasteiger partial charge in [-0.05, 0) is 45.4 Å². The zero-order valence-electron chi connectivity index (χ0n) is 11.5. The Balaban J connectivity index is 2.32. The molecule has 1 aromatic carbocycles. The van der Waals surface area contributed by atoms with E-state index in [2.05, 4.69) is 10.6 Å². The largest absolute Gasteiger partial charge is 0.466 e. The minimum absolute atomic E-state index is 0.0554. The summed E-state index contributed by atoms with van der Waals surface area (Å²) in [5.41, 5.74) is 0.0738. The van der Waals surface area contributed by atoms with Gasteiger partial charge in [0.1, 0.15) is 5.75 Å². The first-order valence-corrected chi connectivity index (χ1v) is 6.25. The highest BCUT2D eigenvalue weighted by Crippen LogP contribution is 2.34. The van der Waals surface area contributed by atoms with Crippen molar-refractivity contribution in [2.24, 2.45) is 0 Å². The van der Waals surface area contributed by atoms with E-state index in [1.807, 2.05) is 32.9 Å². The molecule has 0 saturated carbocycles. The van der Waals surface area contributed by atoms with Crippen molar-refractivity contribution >= 4 is 17.5 Å². The van der Waals surface area contributed by atoms with E-state index >= 15 is 0 Å². The molecule has 1 heterocycles. The summed E-state index contributed by atoms with van der Waals surface area (Å²) in [6.07, 6.45) is 0. The van der Waals surface area contributed by atoms with Crippen LogP contribution >= 0.6 is 0 Å². The molecule has 2 N–H and O–H groups in total. The molecule has 0 spiro atoms. The third-order valence-corrected chi connectivity index (χ3v) is 2.98. The molecule has 102 valence electrons. The number of anilines is 1. The third-order valence-electron chi connectivity index (χ3n) is 2.98. The fourth-order valence-electron chi connectivity index (χ4n) is 1.89. The molecule has 2 amide bonds. The Morgan fingerprint density at radius 1 is 1.42 bits per heavy atom. The summed E-state index contributed by atoms with van der Waals surface area (Å²) in [7, 11) is 0. The number of ether oxygens (including phenoxy) is 1. The summed E-state index contributed by atoms with van der Waals surface area (Å²) in [5.74, 6) is -0.387. The third kappa shape index (κ3) is 2.41. The highest BCUT2D eigenvalue weighted by atomic mass is 16.5. The minimum atomic E-state index is -1.54. The number of fused-ring (bicyclic) bond motifs is 1. The van der Waals surface area contributed by atoms with Gasteiger partial charge in [0.25, 0.3) is 17.4 Å². The average molecular weight is 262 g/mol. The van der Waals surface area contributed by atoms with Crippen molar-refractivity contribution in [2.75, 3.05) is 5.32 Å². The first-order valence-electron chi connectivity index (χ1n) is 6.25. The molecule has 1 aliphatic heterocycles. The van der Waals surface area contributed by atoms with E-state index < -0.39 is 17.4 Å². The zero-order chi connectivity index (χ0) is 14.2. The Hall–Kier alpha value is -2.04. The second-order valence-electron chi connectivity index (χ2n) is 5.22. The van der Waals surface area contributed by atoms with Gasteiger partial charge in [-0.25, -0.2) is 0 Å². The molecule has 1 aromatic rings. The molecule has 0 aliphatic carbocycles. The van der Waals surface area contributed by atoms with Gasteiger partial charge in [-0.3, -0.25) is 9.59 Å². The van der Waals surface area contributed by atoms with Crippen molar-refractivity contribution in [3.8, 4) is 5.75 Å². The van der Waals surface area contributed by atoms with Gasteiger partial charge in [-0.1, -0.05) is 6.07 Å². The predicted octanol–water partition coefficient (Wildman–Crippen LogP) is 1.61. The van der Waals surface area contributed by atoms with Gasteiger partial charge in [0.15, 0.2) is 0 Å². The highest BCUT2D eigenvalue weighted by Gasteiger charge is 2.47. The minimum Gasteiger partial charge on any atom is -0.466 e. The molecule has 19 heavy (non-hydrogen) atoms. The van der Waals surface area contributed by atoms with E-state index in [4.69, 9.17) is 4.74 Å². The van der Waals surface area contributed by atoms with Crippen molar-refractivity contribution in [3.05, 3.63) is 23.8 Å². The molecule has 5 heteroatoms. The maximum atomic E-state index is 12.1. The van der Waals surface area contributed by atoms with Gasteiger partial charge in [-0.15, -0.1) is 0 Å². The summed E-state index contributed by atoms with van der Waals surface area (Å²) >= 11 is 0. The van der Waals surface area contributed by atoms with Crippen LogP contribution < -0.4 is 15.4 Å². The summed E-state index contributed by atoms with van der Waals surface area (Å²) < 4.78 is 5.63. The van der Waals surface area contributed by atoms with E-state index in [1.165, 1.54) is 6.92 Å². The van der Waals surface area contributed by atoms with Crippen LogP contribution in [0.5, 0.6) is 5.75 Å². The van der Waals surface area contributed by atoms with E-state index in [9.17, 15) is 9.59 Å². The normalized spacial score (nSPS) is 21.4. The fourth-order valence-corrected chi connectivity index (χ4v) is 1.89. The van der Waals surface area contributed by atoms with Crippen molar-refractivity contribution in [3.63, 3.8) is 0 Å². The SMILES string of the molecule is Cc1ccc2c(c1)NC(=O)C(C)(C(=O)NC(C)C)O2. The number of benzene rings is 1. The Morgan fingerprint density at radius 2 is 2.11 bits per heavy atom. The van der Waals surface area contributed by atoms with Gasteiger partial charge in [0.05, 0.1) is 5.69 Å². The molecule has 0 aromatic heterocycles. The van der Waals surface area contributed by atoms with Crippen LogP contribution in [-0.2, 0) is 9.59 Å². The first kappa shape index (κ1) is 13.4. The maximum Gasteiger partial charge on any atom is 0.278 e. The lowest BCUT2D eigenvalue weighted by Crippen LogP contribution is -2.59. The molecule has 1 unspecified atom stereocenters. The Labute approximate surface area is 112 Å². The maximum absolute atomic E-state index is 12.1. The van der Waals surface area contributed by atoms with Crippen LogP contribution in [-0.4, -0.2) is 23.5 Å². The number of rotatable bonds is 2. The second-order valence-corrected chi connectivity index (χ2v) is 5.22. The first-order chi connectivity index (χ1) is 8.83. The topological polar surface area (TPSA) is 67.4 Å². The average Bonchev–Trinajstić information content (AvgIpc) is 2.30. The van der Waals surface area contributed by atoms with Gasteiger partial charge >= 0.3 is 0 Å². The van der Waals surface area contributed by atoms with Crippen LogP contribution in [0.25, 0.3) is 0 Å². The molecule has 0 radical (unpaired) electrons. The molecule has 0 bridgehead atoms.